The van der Waals surface area contributed by atoms with Gasteiger partial charge in [-0.2, -0.15) is 11.8 Å². The van der Waals surface area contributed by atoms with Gasteiger partial charge in [-0.05, 0) is 24.3 Å². The van der Waals surface area contributed by atoms with E-state index in [9.17, 15) is 0 Å². The third-order valence-electron chi connectivity index (χ3n) is 2.12. The minimum Gasteiger partial charge on any atom is -0.436 e. The lowest BCUT2D eigenvalue weighted by Gasteiger charge is -2.18. The number of nitrogens with zero attached hydrogens (tertiary/aromatic N) is 1. The van der Waals surface area contributed by atoms with Gasteiger partial charge in [-0.25, -0.2) is 4.98 Å². The van der Waals surface area contributed by atoms with Gasteiger partial charge >= 0.3 is 0 Å². The first-order valence-corrected chi connectivity index (χ1v) is 6.00. The Hall–Kier alpha value is 0.0400. The van der Waals surface area contributed by atoms with Crippen molar-refractivity contribution in [3.8, 4) is 0 Å². The van der Waals surface area contributed by atoms with Gasteiger partial charge in [0.2, 0.25) is 0 Å². The molecule has 0 unspecified atom stereocenters. The van der Waals surface area contributed by atoms with Crippen LogP contribution in [0.2, 0.25) is 0 Å². The van der Waals surface area contributed by atoms with Gasteiger partial charge in [-0.1, -0.05) is 0 Å². The van der Waals surface area contributed by atoms with Crippen molar-refractivity contribution in [3.05, 3.63) is 16.8 Å². The molecule has 1 aromatic heterocycles. The summed E-state index contributed by atoms with van der Waals surface area (Å²) in [5.41, 5.74) is 0. The quantitative estimate of drug-likeness (QED) is 0.764. The van der Waals surface area contributed by atoms with E-state index < -0.39 is 0 Å². The lowest BCUT2D eigenvalue weighted by atomic mass is 10.0. The summed E-state index contributed by atoms with van der Waals surface area (Å²) in [5, 5.41) is 0. The molecule has 0 N–H and O–H groups in total. The van der Waals surface area contributed by atoms with Crippen molar-refractivity contribution >= 4 is 27.7 Å². The van der Waals surface area contributed by atoms with E-state index in [4.69, 9.17) is 4.42 Å². The van der Waals surface area contributed by atoms with Crippen LogP contribution in [0.15, 0.2) is 15.4 Å². The summed E-state index contributed by atoms with van der Waals surface area (Å²) < 4.78 is 5.42. The number of hydrogen-bond acceptors (Lipinski definition) is 3. The number of halogens is 1. The zero-order chi connectivity index (χ0) is 8.39. The smallest absolute Gasteiger partial charge is 0.264 e. The fourth-order valence-corrected chi connectivity index (χ4v) is 2.83. The summed E-state index contributed by atoms with van der Waals surface area (Å²) in [6, 6.07) is 0. The number of thioether (sulfide) groups is 1. The first kappa shape index (κ1) is 8.63. The molecule has 2 rings (SSSR count). The zero-order valence-corrected chi connectivity index (χ0v) is 9.03. The SMILES string of the molecule is Brc1ncc(C2CCSCC2)o1. The molecule has 0 saturated carbocycles. The van der Waals surface area contributed by atoms with E-state index in [0.717, 1.165) is 5.76 Å². The minimum absolute atomic E-state index is 0.602. The van der Waals surface area contributed by atoms with Gasteiger partial charge in [0.1, 0.15) is 5.76 Å². The Balaban J connectivity index is 2.08. The van der Waals surface area contributed by atoms with Crippen LogP contribution in [0.25, 0.3) is 0 Å². The zero-order valence-electron chi connectivity index (χ0n) is 6.62. The fourth-order valence-electron chi connectivity index (χ4n) is 1.44. The first-order valence-electron chi connectivity index (χ1n) is 4.05. The van der Waals surface area contributed by atoms with Crippen molar-refractivity contribution in [3.63, 3.8) is 0 Å². The van der Waals surface area contributed by atoms with E-state index in [1.54, 1.807) is 0 Å². The second-order valence-corrected chi connectivity index (χ2v) is 4.81. The van der Waals surface area contributed by atoms with Crippen LogP contribution < -0.4 is 0 Å². The van der Waals surface area contributed by atoms with Gasteiger partial charge < -0.3 is 4.42 Å². The van der Waals surface area contributed by atoms with Gasteiger partial charge in [0.15, 0.2) is 0 Å². The molecule has 0 bridgehead atoms. The van der Waals surface area contributed by atoms with Crippen molar-refractivity contribution in [2.45, 2.75) is 18.8 Å². The Labute approximate surface area is 84.3 Å². The van der Waals surface area contributed by atoms with Crippen LogP contribution in [-0.2, 0) is 0 Å². The van der Waals surface area contributed by atoms with Crippen molar-refractivity contribution in [1.82, 2.24) is 4.98 Å². The number of aromatic nitrogens is 1. The van der Waals surface area contributed by atoms with Crippen LogP contribution in [0.1, 0.15) is 24.5 Å². The molecule has 0 aliphatic carbocycles. The van der Waals surface area contributed by atoms with Gasteiger partial charge in [0.25, 0.3) is 4.80 Å². The lowest BCUT2D eigenvalue weighted by molar-refractivity contribution is 0.428. The molecule has 1 aliphatic heterocycles. The Morgan fingerprint density at radius 3 is 2.83 bits per heavy atom. The number of rotatable bonds is 1. The maximum Gasteiger partial charge on any atom is 0.264 e. The van der Waals surface area contributed by atoms with E-state index in [0.29, 0.717) is 10.7 Å². The predicted molar refractivity (Wildman–Crippen MR) is 53.5 cm³/mol. The van der Waals surface area contributed by atoms with Gasteiger partial charge in [-0.3, -0.25) is 0 Å². The molecule has 0 atom stereocenters. The molecule has 1 fully saturated rings. The van der Waals surface area contributed by atoms with E-state index in [-0.39, 0.29) is 0 Å². The molecular weight excluding hydrogens is 238 g/mol. The maximum atomic E-state index is 5.42. The van der Waals surface area contributed by atoms with Crippen LogP contribution in [0.3, 0.4) is 0 Å². The average Bonchev–Trinajstić information content (AvgIpc) is 2.54. The third kappa shape index (κ3) is 1.85. The number of oxazole rings is 1. The van der Waals surface area contributed by atoms with Crippen molar-refractivity contribution in [2.24, 2.45) is 0 Å². The molecule has 2 nitrogen and oxygen atoms in total. The molecule has 1 saturated heterocycles. The summed E-state index contributed by atoms with van der Waals surface area (Å²) in [6.45, 7) is 0. The summed E-state index contributed by atoms with van der Waals surface area (Å²) in [6.07, 6.45) is 4.29. The van der Waals surface area contributed by atoms with E-state index in [1.165, 1.54) is 24.3 Å². The molecule has 1 aromatic rings. The molecule has 12 heavy (non-hydrogen) atoms. The van der Waals surface area contributed by atoms with Gasteiger partial charge in [-0.15, -0.1) is 0 Å². The predicted octanol–water partition coefficient (Wildman–Crippen LogP) is 3.05. The maximum absolute atomic E-state index is 5.42. The monoisotopic (exact) mass is 247 g/mol. The second kappa shape index (κ2) is 3.83. The van der Waals surface area contributed by atoms with E-state index in [1.807, 2.05) is 18.0 Å². The largest absolute Gasteiger partial charge is 0.436 e. The van der Waals surface area contributed by atoms with Crippen molar-refractivity contribution < 1.29 is 4.42 Å². The molecule has 0 radical (unpaired) electrons. The normalized spacial score (nSPS) is 19.8. The van der Waals surface area contributed by atoms with Crippen LogP contribution in [0.4, 0.5) is 0 Å². The Morgan fingerprint density at radius 1 is 1.50 bits per heavy atom. The fraction of sp³-hybridized carbons (Fsp3) is 0.625. The number of hydrogen-bond donors (Lipinski definition) is 0. The van der Waals surface area contributed by atoms with Crippen molar-refractivity contribution in [1.29, 1.82) is 0 Å². The molecule has 4 heteroatoms. The van der Waals surface area contributed by atoms with Gasteiger partial charge in [0, 0.05) is 21.8 Å². The summed E-state index contributed by atoms with van der Waals surface area (Å²) in [7, 11) is 0. The molecule has 1 aliphatic rings. The molecule has 0 spiro atoms. The third-order valence-corrected chi connectivity index (χ3v) is 3.53. The highest BCUT2D eigenvalue weighted by Gasteiger charge is 2.19. The summed E-state index contributed by atoms with van der Waals surface area (Å²) in [4.78, 5) is 4.64. The Morgan fingerprint density at radius 2 is 2.25 bits per heavy atom. The second-order valence-electron chi connectivity index (χ2n) is 2.90. The standard InChI is InChI=1S/C8H10BrNOS/c9-8-10-5-7(11-8)6-1-3-12-4-2-6/h5-6H,1-4H2. The Bertz CT molecular complexity index is 257. The van der Waals surface area contributed by atoms with Crippen molar-refractivity contribution in [2.75, 3.05) is 11.5 Å². The molecule has 66 valence electrons. The van der Waals surface area contributed by atoms with E-state index in [2.05, 4.69) is 20.9 Å². The first-order chi connectivity index (χ1) is 5.86. The topological polar surface area (TPSA) is 26.0 Å². The van der Waals surface area contributed by atoms with Crippen LogP contribution in [0.5, 0.6) is 0 Å². The molecule has 2 heterocycles. The van der Waals surface area contributed by atoms with E-state index >= 15 is 0 Å². The minimum atomic E-state index is 0.602. The highest BCUT2D eigenvalue weighted by atomic mass is 79.9. The molecular formula is C8H10BrNOS. The van der Waals surface area contributed by atoms with Crippen LogP contribution >= 0.6 is 27.7 Å². The highest BCUT2D eigenvalue weighted by molar-refractivity contribution is 9.10. The van der Waals surface area contributed by atoms with Gasteiger partial charge in [0.05, 0.1) is 6.20 Å². The van der Waals surface area contributed by atoms with Crippen LogP contribution in [0, 0.1) is 0 Å². The van der Waals surface area contributed by atoms with Crippen LogP contribution in [-0.4, -0.2) is 16.5 Å². The summed E-state index contributed by atoms with van der Waals surface area (Å²) >= 11 is 5.24. The molecule has 0 amide bonds. The lowest BCUT2D eigenvalue weighted by Crippen LogP contribution is -2.06. The molecule has 0 aromatic carbocycles. The Kier molecular flexibility index (Phi) is 2.76. The average molecular weight is 248 g/mol. The summed E-state index contributed by atoms with van der Waals surface area (Å²) in [5.74, 6) is 4.15. The highest BCUT2D eigenvalue weighted by Crippen LogP contribution is 2.32.